The zero-order valence-corrected chi connectivity index (χ0v) is 13.2. The Hall–Kier alpha value is -2.13. The summed E-state index contributed by atoms with van der Waals surface area (Å²) in [6.07, 6.45) is 4.58. The molecule has 0 aliphatic carbocycles. The van der Waals surface area contributed by atoms with Crippen LogP contribution in [0.4, 0.5) is 0 Å². The normalized spacial score (nSPS) is 23.7. The fourth-order valence-corrected chi connectivity index (χ4v) is 3.62. The van der Waals surface area contributed by atoms with Crippen LogP contribution in [0, 0.1) is 0 Å². The minimum absolute atomic E-state index is 0.209. The van der Waals surface area contributed by atoms with Gasteiger partial charge in [0, 0.05) is 5.54 Å². The molecule has 0 aromatic heterocycles. The summed E-state index contributed by atoms with van der Waals surface area (Å²) in [5.74, 6) is -0.745. The molecule has 1 aliphatic rings. The van der Waals surface area contributed by atoms with Crippen molar-refractivity contribution in [2.24, 2.45) is 0 Å². The molecule has 1 fully saturated rings. The Kier molecular flexibility index (Phi) is 4.77. The molecule has 3 heteroatoms. The van der Waals surface area contributed by atoms with Gasteiger partial charge in [0.15, 0.2) is 0 Å². The molecule has 1 saturated heterocycles. The van der Waals surface area contributed by atoms with Gasteiger partial charge in [0.25, 0.3) is 0 Å². The van der Waals surface area contributed by atoms with Gasteiger partial charge in [0.2, 0.25) is 0 Å². The van der Waals surface area contributed by atoms with Gasteiger partial charge >= 0.3 is 5.97 Å². The lowest BCUT2D eigenvalue weighted by molar-refractivity contribution is -0.139. The average molecular weight is 309 g/mol. The molecular weight excluding hydrogens is 286 g/mol. The number of nitrogens with one attached hydrogen (secondary N) is 1. The van der Waals surface area contributed by atoms with E-state index in [0.717, 1.165) is 25.7 Å². The highest BCUT2D eigenvalue weighted by Gasteiger charge is 2.41. The van der Waals surface area contributed by atoms with Gasteiger partial charge in [0.05, 0.1) is 0 Å². The summed E-state index contributed by atoms with van der Waals surface area (Å²) >= 11 is 0. The molecule has 3 rings (SSSR count). The highest BCUT2D eigenvalue weighted by atomic mass is 16.4. The number of carbonyl (C=O) groups is 1. The summed E-state index contributed by atoms with van der Waals surface area (Å²) in [6.45, 7) is 0. The zero-order chi connectivity index (χ0) is 16.1. The van der Waals surface area contributed by atoms with E-state index in [-0.39, 0.29) is 5.54 Å². The Labute approximate surface area is 137 Å². The van der Waals surface area contributed by atoms with Gasteiger partial charge in [-0.3, -0.25) is 10.1 Å². The summed E-state index contributed by atoms with van der Waals surface area (Å²) < 4.78 is 0. The molecule has 2 aromatic carbocycles. The van der Waals surface area contributed by atoms with Crippen LogP contribution in [0.2, 0.25) is 0 Å². The van der Waals surface area contributed by atoms with Crippen molar-refractivity contribution < 1.29 is 9.90 Å². The maximum atomic E-state index is 11.4. The van der Waals surface area contributed by atoms with E-state index in [1.807, 2.05) is 24.3 Å². The third-order valence-electron chi connectivity index (χ3n) is 4.85. The van der Waals surface area contributed by atoms with Gasteiger partial charge < -0.3 is 5.11 Å². The van der Waals surface area contributed by atoms with Crippen LogP contribution in [0.25, 0.3) is 0 Å². The zero-order valence-electron chi connectivity index (χ0n) is 13.2. The van der Waals surface area contributed by atoms with Gasteiger partial charge in [-0.1, -0.05) is 60.7 Å². The number of carboxylic acids is 1. The summed E-state index contributed by atoms with van der Waals surface area (Å²) in [6, 6.07) is 20.3. The summed E-state index contributed by atoms with van der Waals surface area (Å²) in [5.41, 5.74) is 2.33. The van der Waals surface area contributed by atoms with Crippen molar-refractivity contribution in [2.75, 3.05) is 0 Å². The van der Waals surface area contributed by atoms with Crippen molar-refractivity contribution in [1.82, 2.24) is 5.32 Å². The third-order valence-corrected chi connectivity index (χ3v) is 4.85. The quantitative estimate of drug-likeness (QED) is 0.854. The molecule has 3 nitrogen and oxygen atoms in total. The van der Waals surface area contributed by atoms with Crippen LogP contribution in [0.1, 0.15) is 36.8 Å². The smallest absolute Gasteiger partial charge is 0.320 e. The molecule has 0 bridgehead atoms. The number of benzene rings is 2. The number of aliphatic carboxylic acids is 1. The second-order valence-corrected chi connectivity index (χ2v) is 6.36. The SMILES string of the molecule is O=C(O)C1CCC(CCCc2ccccc2)(c2ccccc2)N1. The first-order valence-electron chi connectivity index (χ1n) is 8.30. The standard InChI is InChI=1S/C20H23NO2/c22-19(23)18-13-15-20(21-18,17-11-5-2-6-12-17)14-7-10-16-8-3-1-4-9-16/h1-6,8-9,11-12,18,21H,7,10,13-15H2,(H,22,23). The fourth-order valence-electron chi connectivity index (χ4n) is 3.62. The van der Waals surface area contributed by atoms with Crippen molar-refractivity contribution in [2.45, 2.75) is 43.7 Å². The predicted molar refractivity (Wildman–Crippen MR) is 91.3 cm³/mol. The summed E-state index contributed by atoms with van der Waals surface area (Å²) in [5, 5.41) is 12.7. The highest BCUT2D eigenvalue weighted by Crippen LogP contribution is 2.38. The number of aryl methyl sites for hydroxylation is 1. The second-order valence-electron chi connectivity index (χ2n) is 6.36. The fraction of sp³-hybridized carbons (Fsp3) is 0.350. The van der Waals surface area contributed by atoms with Crippen molar-refractivity contribution in [3.63, 3.8) is 0 Å². The first-order valence-corrected chi connectivity index (χ1v) is 8.30. The maximum absolute atomic E-state index is 11.4. The molecule has 0 spiro atoms. The minimum Gasteiger partial charge on any atom is -0.480 e. The molecule has 2 aromatic rings. The van der Waals surface area contributed by atoms with Crippen LogP contribution >= 0.6 is 0 Å². The van der Waals surface area contributed by atoms with E-state index in [1.165, 1.54) is 11.1 Å². The molecule has 0 amide bonds. The first kappa shape index (κ1) is 15.8. The molecule has 2 atom stereocenters. The third kappa shape index (κ3) is 3.62. The van der Waals surface area contributed by atoms with E-state index in [0.29, 0.717) is 6.42 Å². The highest BCUT2D eigenvalue weighted by molar-refractivity contribution is 5.74. The number of hydrogen-bond acceptors (Lipinski definition) is 2. The van der Waals surface area contributed by atoms with E-state index in [9.17, 15) is 9.90 Å². The van der Waals surface area contributed by atoms with E-state index in [4.69, 9.17) is 0 Å². The molecule has 120 valence electrons. The maximum Gasteiger partial charge on any atom is 0.320 e. The number of carboxylic acid groups (broad SMARTS) is 1. The van der Waals surface area contributed by atoms with Crippen molar-refractivity contribution in [3.05, 3.63) is 71.8 Å². The lowest BCUT2D eigenvalue weighted by Crippen LogP contribution is -2.43. The van der Waals surface area contributed by atoms with Crippen LogP contribution < -0.4 is 5.32 Å². The summed E-state index contributed by atoms with van der Waals surface area (Å²) in [7, 11) is 0. The van der Waals surface area contributed by atoms with Gasteiger partial charge in [-0.05, 0) is 43.2 Å². The molecule has 1 heterocycles. The van der Waals surface area contributed by atoms with Crippen LogP contribution in [-0.2, 0) is 16.8 Å². The summed E-state index contributed by atoms with van der Waals surface area (Å²) in [4.78, 5) is 11.4. The number of hydrogen-bond donors (Lipinski definition) is 2. The Morgan fingerprint density at radius 3 is 2.35 bits per heavy atom. The molecule has 0 saturated carbocycles. The van der Waals surface area contributed by atoms with Gasteiger partial charge in [-0.15, -0.1) is 0 Å². The minimum atomic E-state index is -0.745. The van der Waals surface area contributed by atoms with Crippen molar-refractivity contribution in [3.8, 4) is 0 Å². The van der Waals surface area contributed by atoms with E-state index in [2.05, 4.69) is 41.7 Å². The van der Waals surface area contributed by atoms with E-state index < -0.39 is 12.0 Å². The number of rotatable bonds is 6. The average Bonchev–Trinajstić information content (AvgIpc) is 3.03. The molecular formula is C20H23NO2. The van der Waals surface area contributed by atoms with Crippen LogP contribution in [0.3, 0.4) is 0 Å². The second kappa shape index (κ2) is 6.97. The first-order chi connectivity index (χ1) is 11.2. The largest absolute Gasteiger partial charge is 0.480 e. The van der Waals surface area contributed by atoms with E-state index >= 15 is 0 Å². The van der Waals surface area contributed by atoms with E-state index in [1.54, 1.807) is 0 Å². The molecule has 2 N–H and O–H groups in total. The molecule has 1 aliphatic heterocycles. The Bertz CT molecular complexity index is 641. The van der Waals surface area contributed by atoms with Gasteiger partial charge in [-0.2, -0.15) is 0 Å². The Balaban J connectivity index is 1.73. The monoisotopic (exact) mass is 309 g/mol. The van der Waals surface area contributed by atoms with Crippen LogP contribution in [0.15, 0.2) is 60.7 Å². The van der Waals surface area contributed by atoms with Crippen molar-refractivity contribution >= 4 is 5.97 Å². The molecule has 2 unspecified atom stereocenters. The molecule has 0 radical (unpaired) electrons. The van der Waals surface area contributed by atoms with Crippen LogP contribution in [-0.4, -0.2) is 17.1 Å². The Morgan fingerprint density at radius 2 is 1.74 bits per heavy atom. The van der Waals surface area contributed by atoms with Gasteiger partial charge in [-0.25, -0.2) is 0 Å². The Morgan fingerprint density at radius 1 is 1.09 bits per heavy atom. The lowest BCUT2D eigenvalue weighted by Gasteiger charge is -2.31. The van der Waals surface area contributed by atoms with Crippen molar-refractivity contribution in [1.29, 1.82) is 0 Å². The topological polar surface area (TPSA) is 49.3 Å². The van der Waals surface area contributed by atoms with Gasteiger partial charge in [0.1, 0.15) is 6.04 Å². The predicted octanol–water partition coefficient (Wildman–Crippen LogP) is 3.74. The lowest BCUT2D eigenvalue weighted by atomic mass is 9.83. The van der Waals surface area contributed by atoms with Crippen LogP contribution in [0.5, 0.6) is 0 Å². The molecule has 23 heavy (non-hydrogen) atoms.